The van der Waals surface area contributed by atoms with Crippen LogP contribution in [0.3, 0.4) is 0 Å². The molecule has 0 aliphatic rings. The molecule has 1 aromatic heterocycles. The van der Waals surface area contributed by atoms with Crippen LogP contribution in [0.1, 0.15) is 32.4 Å². The number of nitrogens with one attached hydrogen (secondary N) is 1. The van der Waals surface area contributed by atoms with E-state index in [0.717, 1.165) is 10.9 Å². The number of ether oxygens (including phenoxy) is 1. The molecular weight excluding hydrogens is 409 g/mol. The lowest BCUT2D eigenvalue weighted by Gasteiger charge is -2.17. The minimum absolute atomic E-state index is 0.215. The zero-order valence-corrected chi connectivity index (χ0v) is 16.6. The van der Waals surface area contributed by atoms with Gasteiger partial charge in [0.2, 0.25) is 5.78 Å². The highest BCUT2D eigenvalue weighted by molar-refractivity contribution is 6.42. The Balaban J connectivity index is 1.71. The van der Waals surface area contributed by atoms with Gasteiger partial charge in [-0.15, -0.1) is 0 Å². The maximum Gasteiger partial charge on any atom is 0.339 e. The highest BCUT2D eigenvalue weighted by Crippen LogP contribution is 2.29. The molecule has 144 valence electrons. The second-order valence-corrected chi connectivity index (χ2v) is 7.25. The van der Waals surface area contributed by atoms with Crippen LogP contribution in [0.2, 0.25) is 10.0 Å². The van der Waals surface area contributed by atoms with Gasteiger partial charge in [-0.1, -0.05) is 71.7 Å². The summed E-state index contributed by atoms with van der Waals surface area (Å²) in [6, 6.07) is 20.8. The molecule has 0 aliphatic carbocycles. The van der Waals surface area contributed by atoms with Gasteiger partial charge in [0, 0.05) is 28.2 Å². The van der Waals surface area contributed by atoms with E-state index in [1.165, 1.54) is 18.2 Å². The van der Waals surface area contributed by atoms with Crippen molar-refractivity contribution in [2.24, 2.45) is 0 Å². The van der Waals surface area contributed by atoms with Crippen molar-refractivity contribution in [3.05, 3.63) is 106 Å². The summed E-state index contributed by atoms with van der Waals surface area (Å²) in [5.41, 5.74) is 2.08. The predicted molar refractivity (Wildman–Crippen MR) is 114 cm³/mol. The van der Waals surface area contributed by atoms with Crippen LogP contribution in [0.25, 0.3) is 10.9 Å². The number of hydrogen-bond donors (Lipinski definition) is 1. The maximum absolute atomic E-state index is 13.4. The van der Waals surface area contributed by atoms with Crippen LogP contribution in [-0.4, -0.2) is 16.7 Å². The summed E-state index contributed by atoms with van der Waals surface area (Å²) in [5.74, 6) is -0.979. The van der Waals surface area contributed by atoms with Crippen molar-refractivity contribution < 1.29 is 14.3 Å². The third-order valence-corrected chi connectivity index (χ3v) is 5.31. The lowest BCUT2D eigenvalue weighted by Crippen LogP contribution is -2.20. The van der Waals surface area contributed by atoms with E-state index in [-0.39, 0.29) is 16.4 Å². The van der Waals surface area contributed by atoms with Gasteiger partial charge < -0.3 is 9.72 Å². The Morgan fingerprint density at radius 1 is 0.862 bits per heavy atom. The molecule has 0 amide bonds. The summed E-state index contributed by atoms with van der Waals surface area (Å²) in [5, 5.41) is 1.34. The van der Waals surface area contributed by atoms with E-state index >= 15 is 0 Å². The molecule has 4 aromatic rings. The number of aromatic amines is 1. The fourth-order valence-corrected chi connectivity index (χ4v) is 3.41. The average molecular weight is 424 g/mol. The molecule has 6 heteroatoms. The molecule has 29 heavy (non-hydrogen) atoms. The molecule has 0 spiro atoms. The lowest BCUT2D eigenvalue weighted by molar-refractivity contribution is 0.0280. The SMILES string of the molecule is O=C(O[C@H](C(=O)c1c[nH]c2ccccc12)c1ccccc1)c1ccc(Cl)c(Cl)c1. The molecule has 0 radical (unpaired) electrons. The van der Waals surface area contributed by atoms with Gasteiger partial charge in [0.25, 0.3) is 0 Å². The first-order chi connectivity index (χ1) is 14.0. The molecule has 0 bridgehead atoms. The molecular formula is C23H15Cl2NO3. The highest BCUT2D eigenvalue weighted by atomic mass is 35.5. The van der Waals surface area contributed by atoms with Crippen LogP contribution >= 0.6 is 23.2 Å². The van der Waals surface area contributed by atoms with Crippen molar-refractivity contribution >= 4 is 45.9 Å². The van der Waals surface area contributed by atoms with Crippen molar-refractivity contribution in [2.75, 3.05) is 0 Å². The van der Waals surface area contributed by atoms with Crippen LogP contribution in [0.15, 0.2) is 79.0 Å². The zero-order chi connectivity index (χ0) is 20.4. The van der Waals surface area contributed by atoms with Crippen LogP contribution in [0.4, 0.5) is 0 Å². The molecule has 3 aromatic carbocycles. The summed E-state index contributed by atoms with van der Waals surface area (Å²) in [6.45, 7) is 0. The molecule has 0 saturated heterocycles. The molecule has 1 atom stereocenters. The Kier molecular flexibility index (Phi) is 5.38. The first kappa shape index (κ1) is 19.2. The van der Waals surface area contributed by atoms with Gasteiger partial charge in [0.05, 0.1) is 15.6 Å². The first-order valence-corrected chi connectivity index (χ1v) is 9.61. The van der Waals surface area contributed by atoms with Crippen molar-refractivity contribution in [1.82, 2.24) is 4.98 Å². The number of fused-ring (bicyclic) bond motifs is 1. The normalized spacial score (nSPS) is 11.9. The number of carbonyl (C=O) groups excluding carboxylic acids is 2. The number of rotatable bonds is 5. The van der Waals surface area contributed by atoms with E-state index in [1.54, 1.807) is 30.5 Å². The number of H-pyrrole nitrogens is 1. The zero-order valence-electron chi connectivity index (χ0n) is 15.1. The van der Waals surface area contributed by atoms with Gasteiger partial charge >= 0.3 is 5.97 Å². The Hall–Kier alpha value is -3.08. The van der Waals surface area contributed by atoms with Gasteiger partial charge in [0.15, 0.2) is 6.10 Å². The van der Waals surface area contributed by atoms with E-state index in [1.807, 2.05) is 30.3 Å². The second-order valence-electron chi connectivity index (χ2n) is 6.44. The lowest BCUT2D eigenvalue weighted by atomic mass is 9.99. The average Bonchev–Trinajstić information content (AvgIpc) is 3.18. The number of carbonyl (C=O) groups is 2. The summed E-state index contributed by atoms with van der Waals surface area (Å²) < 4.78 is 5.65. The molecule has 0 unspecified atom stereocenters. The molecule has 0 saturated carbocycles. The van der Waals surface area contributed by atoms with Crippen LogP contribution in [-0.2, 0) is 4.74 Å². The Morgan fingerprint density at radius 2 is 1.59 bits per heavy atom. The van der Waals surface area contributed by atoms with Gasteiger partial charge in [-0.2, -0.15) is 0 Å². The first-order valence-electron chi connectivity index (χ1n) is 8.86. The number of Topliss-reactive ketones (excluding diaryl/α,β-unsaturated/α-hetero) is 1. The molecule has 0 aliphatic heterocycles. The molecule has 0 fully saturated rings. The van der Waals surface area contributed by atoms with E-state index in [9.17, 15) is 9.59 Å². The monoisotopic (exact) mass is 423 g/mol. The predicted octanol–water partition coefficient (Wildman–Crippen LogP) is 6.26. The summed E-state index contributed by atoms with van der Waals surface area (Å²) in [6.07, 6.45) is 0.535. The van der Waals surface area contributed by atoms with Gasteiger partial charge in [-0.3, -0.25) is 4.79 Å². The van der Waals surface area contributed by atoms with Crippen molar-refractivity contribution in [1.29, 1.82) is 0 Å². The highest BCUT2D eigenvalue weighted by Gasteiger charge is 2.28. The Bertz CT molecular complexity index is 1200. The minimum atomic E-state index is -1.10. The summed E-state index contributed by atoms with van der Waals surface area (Å²) in [4.78, 5) is 29.2. The molecule has 1 heterocycles. The van der Waals surface area contributed by atoms with Gasteiger partial charge in [-0.25, -0.2) is 4.79 Å². The Labute approximate surface area is 177 Å². The van der Waals surface area contributed by atoms with Crippen molar-refractivity contribution in [3.8, 4) is 0 Å². The smallest absolute Gasteiger partial charge is 0.339 e. The summed E-state index contributed by atoms with van der Waals surface area (Å²) in [7, 11) is 0. The summed E-state index contributed by atoms with van der Waals surface area (Å²) >= 11 is 11.9. The molecule has 4 rings (SSSR count). The maximum atomic E-state index is 13.4. The standard InChI is InChI=1S/C23H15Cl2NO3/c24-18-11-10-15(12-19(18)25)23(28)29-22(14-6-2-1-3-7-14)21(27)17-13-26-20-9-5-4-8-16(17)20/h1-13,22,26H/t22-/m0/s1. The number of benzene rings is 3. The van der Waals surface area contributed by atoms with Gasteiger partial charge in [0.1, 0.15) is 0 Å². The third-order valence-electron chi connectivity index (χ3n) is 4.58. The number of aromatic nitrogens is 1. The third kappa shape index (κ3) is 3.90. The van der Waals surface area contributed by atoms with Crippen LogP contribution in [0.5, 0.6) is 0 Å². The van der Waals surface area contributed by atoms with Crippen LogP contribution in [0, 0.1) is 0 Å². The topological polar surface area (TPSA) is 59.2 Å². The number of hydrogen-bond acceptors (Lipinski definition) is 3. The minimum Gasteiger partial charge on any atom is -0.445 e. The fraction of sp³-hybridized carbons (Fsp3) is 0.0435. The van der Waals surface area contributed by atoms with E-state index < -0.39 is 12.1 Å². The second kappa shape index (κ2) is 8.11. The number of esters is 1. The Morgan fingerprint density at radius 3 is 2.34 bits per heavy atom. The number of halogens is 2. The van der Waals surface area contributed by atoms with Crippen LogP contribution < -0.4 is 0 Å². The van der Waals surface area contributed by atoms with Gasteiger partial charge in [-0.05, 0) is 24.3 Å². The van der Waals surface area contributed by atoms with E-state index in [4.69, 9.17) is 27.9 Å². The largest absolute Gasteiger partial charge is 0.445 e. The van der Waals surface area contributed by atoms with E-state index in [2.05, 4.69) is 4.98 Å². The fourth-order valence-electron chi connectivity index (χ4n) is 3.12. The van der Waals surface area contributed by atoms with Crippen molar-refractivity contribution in [3.63, 3.8) is 0 Å². The quantitative estimate of drug-likeness (QED) is 0.304. The van der Waals surface area contributed by atoms with Crippen molar-refractivity contribution in [2.45, 2.75) is 6.10 Å². The molecule has 4 nitrogen and oxygen atoms in total. The number of para-hydroxylation sites is 1. The number of ketones is 1. The molecule has 1 N–H and O–H groups in total. The van der Waals surface area contributed by atoms with E-state index in [0.29, 0.717) is 16.1 Å².